The quantitative estimate of drug-likeness (QED) is 0.864. The van der Waals surface area contributed by atoms with Gasteiger partial charge in [-0.05, 0) is 24.5 Å². The van der Waals surface area contributed by atoms with Crippen LogP contribution < -0.4 is 5.32 Å². The van der Waals surface area contributed by atoms with Crippen LogP contribution >= 0.6 is 11.6 Å². The standard InChI is InChI=1S/C15H15ClN2O2/c1-18-11-7-4-8-12(19)13(11)14(17-15(18)20)9-5-2-3-6-10(9)16/h2-3,5-6,14H,4,7-8H2,1H3,(H,17,20)/t14-/m1/s1. The van der Waals surface area contributed by atoms with Gasteiger partial charge in [-0.2, -0.15) is 0 Å². The molecule has 1 aliphatic heterocycles. The molecule has 4 nitrogen and oxygen atoms in total. The summed E-state index contributed by atoms with van der Waals surface area (Å²) < 4.78 is 0. The number of benzene rings is 1. The Morgan fingerprint density at radius 3 is 2.75 bits per heavy atom. The van der Waals surface area contributed by atoms with E-state index in [1.807, 2.05) is 18.2 Å². The van der Waals surface area contributed by atoms with Gasteiger partial charge in [-0.1, -0.05) is 29.8 Å². The van der Waals surface area contributed by atoms with E-state index >= 15 is 0 Å². The lowest BCUT2D eigenvalue weighted by molar-refractivity contribution is -0.116. The van der Waals surface area contributed by atoms with Crippen molar-refractivity contribution in [1.82, 2.24) is 10.2 Å². The van der Waals surface area contributed by atoms with Gasteiger partial charge in [-0.3, -0.25) is 4.79 Å². The third kappa shape index (κ3) is 2.00. The largest absolute Gasteiger partial charge is 0.327 e. The van der Waals surface area contributed by atoms with Gasteiger partial charge < -0.3 is 10.2 Å². The molecule has 20 heavy (non-hydrogen) atoms. The maximum absolute atomic E-state index is 12.3. The summed E-state index contributed by atoms with van der Waals surface area (Å²) in [5.41, 5.74) is 2.29. The second kappa shape index (κ2) is 4.94. The Morgan fingerprint density at radius 1 is 1.25 bits per heavy atom. The van der Waals surface area contributed by atoms with Crippen LogP contribution in [0.3, 0.4) is 0 Å². The van der Waals surface area contributed by atoms with Crippen LogP contribution in [-0.2, 0) is 4.79 Å². The van der Waals surface area contributed by atoms with E-state index in [4.69, 9.17) is 11.6 Å². The molecule has 1 aromatic rings. The molecule has 2 amide bonds. The minimum absolute atomic E-state index is 0.100. The Labute approximate surface area is 122 Å². The van der Waals surface area contributed by atoms with Gasteiger partial charge in [0.05, 0.1) is 6.04 Å². The SMILES string of the molecule is CN1C(=O)N[C@H](c2ccccc2Cl)C2=C1CCCC2=O. The summed E-state index contributed by atoms with van der Waals surface area (Å²) in [4.78, 5) is 25.9. The average Bonchev–Trinajstić information content (AvgIpc) is 2.44. The molecule has 0 aromatic heterocycles. The number of carbonyl (C=O) groups excluding carboxylic acids is 2. The van der Waals surface area contributed by atoms with Crippen molar-refractivity contribution >= 4 is 23.4 Å². The highest BCUT2D eigenvalue weighted by atomic mass is 35.5. The van der Waals surface area contributed by atoms with Crippen LogP contribution in [0.5, 0.6) is 0 Å². The number of rotatable bonds is 1. The molecule has 0 saturated heterocycles. The molecular formula is C15H15ClN2O2. The molecule has 1 aliphatic carbocycles. The number of urea groups is 1. The van der Waals surface area contributed by atoms with Crippen molar-refractivity contribution in [3.05, 3.63) is 46.1 Å². The summed E-state index contributed by atoms with van der Waals surface area (Å²) in [5.74, 6) is 0.100. The fraction of sp³-hybridized carbons (Fsp3) is 0.333. The van der Waals surface area contributed by atoms with Crippen molar-refractivity contribution in [2.24, 2.45) is 0 Å². The van der Waals surface area contributed by atoms with Crippen LogP contribution in [0.25, 0.3) is 0 Å². The predicted molar refractivity (Wildman–Crippen MR) is 76.4 cm³/mol. The molecule has 1 heterocycles. The molecule has 1 atom stereocenters. The molecule has 0 saturated carbocycles. The number of Topliss-reactive ketones (excluding diaryl/α,β-unsaturated/α-hetero) is 1. The van der Waals surface area contributed by atoms with Crippen LogP contribution in [0.1, 0.15) is 30.9 Å². The number of allylic oxidation sites excluding steroid dienone is 1. The fourth-order valence-corrected chi connectivity index (χ4v) is 3.12. The van der Waals surface area contributed by atoms with Crippen LogP contribution in [0.2, 0.25) is 5.02 Å². The Kier molecular flexibility index (Phi) is 3.26. The lowest BCUT2D eigenvalue weighted by atomic mass is 9.85. The third-order valence-corrected chi connectivity index (χ3v) is 4.26. The number of halogens is 1. The first kappa shape index (κ1) is 13.2. The van der Waals surface area contributed by atoms with Crippen molar-refractivity contribution in [2.45, 2.75) is 25.3 Å². The number of amides is 2. The summed E-state index contributed by atoms with van der Waals surface area (Å²) in [6, 6.07) is 6.69. The van der Waals surface area contributed by atoms with Crippen LogP contribution in [0.15, 0.2) is 35.5 Å². The van der Waals surface area contributed by atoms with E-state index in [0.29, 0.717) is 17.0 Å². The molecule has 0 bridgehead atoms. The second-order valence-electron chi connectivity index (χ2n) is 5.10. The molecule has 0 spiro atoms. The Balaban J connectivity index is 2.15. The summed E-state index contributed by atoms with van der Waals surface area (Å²) >= 11 is 6.22. The smallest absolute Gasteiger partial charge is 0.322 e. The lowest BCUT2D eigenvalue weighted by Crippen LogP contribution is -2.47. The normalized spacial score (nSPS) is 22.7. The number of carbonyl (C=O) groups is 2. The van der Waals surface area contributed by atoms with E-state index in [-0.39, 0.29) is 11.8 Å². The Bertz CT molecular complexity index is 624. The van der Waals surface area contributed by atoms with Gasteiger partial charge in [0.15, 0.2) is 5.78 Å². The van der Waals surface area contributed by atoms with Crippen LogP contribution in [-0.4, -0.2) is 23.8 Å². The molecule has 2 aliphatic rings. The van der Waals surface area contributed by atoms with Crippen molar-refractivity contribution in [3.8, 4) is 0 Å². The first-order valence-electron chi connectivity index (χ1n) is 6.64. The van der Waals surface area contributed by atoms with Gasteiger partial charge >= 0.3 is 6.03 Å². The van der Waals surface area contributed by atoms with Crippen LogP contribution in [0, 0.1) is 0 Å². The van der Waals surface area contributed by atoms with Crippen molar-refractivity contribution in [3.63, 3.8) is 0 Å². The minimum Gasteiger partial charge on any atom is -0.327 e. The number of ketones is 1. The first-order valence-corrected chi connectivity index (χ1v) is 7.02. The molecule has 1 N–H and O–H groups in total. The Hall–Kier alpha value is -1.81. The molecule has 1 aromatic carbocycles. The summed E-state index contributed by atoms with van der Waals surface area (Å²) in [6.07, 6.45) is 2.08. The zero-order valence-corrected chi connectivity index (χ0v) is 11.9. The zero-order valence-electron chi connectivity index (χ0n) is 11.1. The van der Waals surface area contributed by atoms with Gasteiger partial charge in [0, 0.05) is 29.8 Å². The highest BCUT2D eigenvalue weighted by Crippen LogP contribution is 2.38. The van der Waals surface area contributed by atoms with Crippen LogP contribution in [0.4, 0.5) is 4.79 Å². The molecule has 5 heteroatoms. The third-order valence-electron chi connectivity index (χ3n) is 3.91. The van der Waals surface area contributed by atoms with Gasteiger partial charge in [-0.15, -0.1) is 0 Å². The summed E-state index contributed by atoms with van der Waals surface area (Å²) in [7, 11) is 1.70. The Morgan fingerprint density at radius 2 is 2.00 bits per heavy atom. The van der Waals surface area contributed by atoms with E-state index in [2.05, 4.69) is 5.32 Å². The minimum atomic E-state index is -0.435. The van der Waals surface area contributed by atoms with E-state index in [1.54, 1.807) is 18.0 Å². The van der Waals surface area contributed by atoms with Crippen molar-refractivity contribution in [1.29, 1.82) is 0 Å². The highest BCUT2D eigenvalue weighted by molar-refractivity contribution is 6.31. The summed E-state index contributed by atoms with van der Waals surface area (Å²) in [5, 5.41) is 3.44. The predicted octanol–water partition coefficient (Wildman–Crippen LogP) is 3.04. The zero-order chi connectivity index (χ0) is 14.3. The highest BCUT2D eigenvalue weighted by Gasteiger charge is 2.37. The molecule has 0 fully saturated rings. The monoisotopic (exact) mass is 290 g/mol. The first-order chi connectivity index (χ1) is 9.59. The average molecular weight is 291 g/mol. The number of hydrogen-bond acceptors (Lipinski definition) is 2. The van der Waals surface area contributed by atoms with E-state index in [0.717, 1.165) is 24.1 Å². The van der Waals surface area contributed by atoms with Crippen molar-refractivity contribution in [2.75, 3.05) is 7.05 Å². The molecule has 0 unspecified atom stereocenters. The van der Waals surface area contributed by atoms with Gasteiger partial charge in [0.2, 0.25) is 0 Å². The van der Waals surface area contributed by atoms with Crippen molar-refractivity contribution < 1.29 is 9.59 Å². The van der Waals surface area contributed by atoms with Gasteiger partial charge in [0.1, 0.15) is 0 Å². The molecule has 104 valence electrons. The topological polar surface area (TPSA) is 49.4 Å². The maximum atomic E-state index is 12.3. The van der Waals surface area contributed by atoms with Gasteiger partial charge in [0.25, 0.3) is 0 Å². The number of nitrogens with zero attached hydrogens (tertiary/aromatic N) is 1. The van der Waals surface area contributed by atoms with Gasteiger partial charge in [-0.25, -0.2) is 4.79 Å². The maximum Gasteiger partial charge on any atom is 0.322 e. The van der Waals surface area contributed by atoms with E-state index in [1.165, 1.54) is 0 Å². The summed E-state index contributed by atoms with van der Waals surface area (Å²) in [6.45, 7) is 0. The molecular weight excluding hydrogens is 276 g/mol. The molecule has 0 radical (unpaired) electrons. The number of nitrogens with one attached hydrogen (secondary N) is 1. The lowest BCUT2D eigenvalue weighted by Gasteiger charge is -2.37. The number of hydrogen-bond donors (Lipinski definition) is 1. The fourth-order valence-electron chi connectivity index (χ4n) is 2.88. The molecule has 3 rings (SSSR count). The van der Waals surface area contributed by atoms with E-state index < -0.39 is 6.04 Å². The van der Waals surface area contributed by atoms with E-state index in [9.17, 15) is 9.59 Å². The second-order valence-corrected chi connectivity index (χ2v) is 5.51.